The number of amides is 1. The summed E-state index contributed by atoms with van der Waals surface area (Å²) in [5, 5.41) is 7.91. The van der Waals surface area contributed by atoms with Gasteiger partial charge in [0.25, 0.3) is 0 Å². The van der Waals surface area contributed by atoms with Crippen LogP contribution < -0.4 is 5.32 Å². The third-order valence-electron chi connectivity index (χ3n) is 3.07. The van der Waals surface area contributed by atoms with Crippen molar-refractivity contribution in [3.8, 4) is 0 Å². The first-order valence-electron chi connectivity index (χ1n) is 6.54. The summed E-state index contributed by atoms with van der Waals surface area (Å²) in [6.45, 7) is 5.93. The molecule has 0 unspecified atom stereocenters. The Hall–Kier alpha value is -1.81. The fourth-order valence-electron chi connectivity index (χ4n) is 2.19. The van der Waals surface area contributed by atoms with Crippen molar-refractivity contribution in [2.75, 3.05) is 5.32 Å². The fraction of sp³-hybridized carbons (Fsp3) is 0.333. The molecule has 0 saturated heterocycles. The maximum Gasteiger partial charge on any atom is 0.226 e. The van der Waals surface area contributed by atoms with Gasteiger partial charge in [-0.1, -0.05) is 11.6 Å². The summed E-state index contributed by atoms with van der Waals surface area (Å²) in [6.07, 6.45) is 0.380. The van der Waals surface area contributed by atoms with Gasteiger partial charge >= 0.3 is 0 Å². The Labute approximate surface area is 123 Å². The van der Waals surface area contributed by atoms with Gasteiger partial charge in [0.2, 0.25) is 5.91 Å². The van der Waals surface area contributed by atoms with Crippen LogP contribution in [0.25, 0.3) is 0 Å². The van der Waals surface area contributed by atoms with Gasteiger partial charge in [0.15, 0.2) is 0 Å². The highest BCUT2D eigenvalue weighted by atomic mass is 35.5. The highest BCUT2D eigenvalue weighted by Gasteiger charge is 2.14. The van der Waals surface area contributed by atoms with E-state index in [1.165, 1.54) is 0 Å². The van der Waals surface area contributed by atoms with Gasteiger partial charge in [0.1, 0.15) is 0 Å². The van der Waals surface area contributed by atoms with Crippen LogP contribution in [0.2, 0.25) is 5.02 Å². The Morgan fingerprint density at radius 3 is 2.55 bits per heavy atom. The first kappa shape index (κ1) is 14.6. The molecular formula is C15H18ClN3O. The molecule has 1 amide bonds. The van der Waals surface area contributed by atoms with Crippen molar-refractivity contribution in [1.82, 2.24) is 9.78 Å². The van der Waals surface area contributed by atoms with Crippen molar-refractivity contribution in [3.05, 3.63) is 46.7 Å². The summed E-state index contributed by atoms with van der Waals surface area (Å²) in [4.78, 5) is 12.0. The van der Waals surface area contributed by atoms with E-state index in [-0.39, 0.29) is 11.9 Å². The van der Waals surface area contributed by atoms with Crippen molar-refractivity contribution < 1.29 is 4.79 Å². The van der Waals surface area contributed by atoms with E-state index in [0.717, 1.165) is 17.1 Å². The standard InChI is InChI=1S/C15H18ClN3O/c1-10-8-11(2)19(18-10)12(3)9-15(20)17-14-6-4-13(16)5-7-14/h4-8,12H,9H2,1-3H3,(H,17,20)/t12-/m1/s1. The number of nitrogens with zero attached hydrogens (tertiary/aromatic N) is 2. The number of hydrogen-bond donors (Lipinski definition) is 1. The summed E-state index contributed by atoms with van der Waals surface area (Å²) in [5.74, 6) is -0.0348. The third-order valence-corrected chi connectivity index (χ3v) is 3.32. The highest BCUT2D eigenvalue weighted by Crippen LogP contribution is 2.17. The van der Waals surface area contributed by atoms with Crippen LogP contribution in [0, 0.1) is 13.8 Å². The average Bonchev–Trinajstić information content (AvgIpc) is 2.71. The second-order valence-electron chi connectivity index (χ2n) is 4.98. The summed E-state index contributed by atoms with van der Waals surface area (Å²) in [5.41, 5.74) is 2.78. The van der Waals surface area contributed by atoms with Gasteiger partial charge in [-0.05, 0) is 51.1 Å². The van der Waals surface area contributed by atoms with Gasteiger partial charge in [-0.15, -0.1) is 0 Å². The Kier molecular flexibility index (Phi) is 4.45. The first-order chi connectivity index (χ1) is 9.45. The number of aryl methyl sites for hydroxylation is 2. The maximum atomic E-state index is 12.0. The molecule has 0 aliphatic heterocycles. The molecule has 0 aliphatic rings. The average molecular weight is 292 g/mol. The van der Waals surface area contributed by atoms with E-state index in [1.807, 2.05) is 31.5 Å². The van der Waals surface area contributed by atoms with Crippen LogP contribution in [-0.2, 0) is 4.79 Å². The van der Waals surface area contributed by atoms with Crippen LogP contribution in [0.15, 0.2) is 30.3 Å². The molecule has 1 aromatic carbocycles. The number of anilines is 1. The van der Waals surface area contributed by atoms with Crippen molar-refractivity contribution in [3.63, 3.8) is 0 Å². The lowest BCUT2D eigenvalue weighted by Crippen LogP contribution is -2.19. The number of aromatic nitrogens is 2. The molecule has 1 heterocycles. The van der Waals surface area contributed by atoms with Gasteiger partial charge in [-0.2, -0.15) is 5.10 Å². The third kappa shape index (κ3) is 3.61. The molecule has 1 aromatic heterocycles. The lowest BCUT2D eigenvalue weighted by Gasteiger charge is -2.14. The zero-order chi connectivity index (χ0) is 14.7. The van der Waals surface area contributed by atoms with E-state index in [2.05, 4.69) is 10.4 Å². The van der Waals surface area contributed by atoms with Gasteiger partial charge in [0.05, 0.1) is 11.7 Å². The minimum Gasteiger partial charge on any atom is -0.326 e. The molecule has 0 aliphatic carbocycles. The molecule has 0 bridgehead atoms. The summed E-state index contributed by atoms with van der Waals surface area (Å²) in [6, 6.07) is 9.11. The van der Waals surface area contributed by atoms with Crippen molar-refractivity contribution in [2.45, 2.75) is 33.2 Å². The van der Waals surface area contributed by atoms with Crippen LogP contribution in [-0.4, -0.2) is 15.7 Å². The molecule has 0 radical (unpaired) electrons. The van der Waals surface area contributed by atoms with Crippen molar-refractivity contribution in [2.24, 2.45) is 0 Å². The lowest BCUT2D eigenvalue weighted by molar-refractivity contribution is -0.116. The maximum absolute atomic E-state index is 12.0. The normalized spacial score (nSPS) is 12.2. The largest absolute Gasteiger partial charge is 0.326 e. The van der Waals surface area contributed by atoms with Crippen LogP contribution in [0.5, 0.6) is 0 Å². The molecule has 0 saturated carbocycles. The van der Waals surface area contributed by atoms with Gasteiger partial charge in [-0.3, -0.25) is 9.48 Å². The molecule has 4 nitrogen and oxygen atoms in total. The van der Waals surface area contributed by atoms with Gasteiger partial charge in [-0.25, -0.2) is 0 Å². The molecule has 106 valence electrons. The predicted molar refractivity (Wildman–Crippen MR) is 81.1 cm³/mol. The fourth-order valence-corrected chi connectivity index (χ4v) is 2.32. The van der Waals surface area contributed by atoms with E-state index < -0.39 is 0 Å². The van der Waals surface area contributed by atoms with Crippen molar-refractivity contribution >= 4 is 23.2 Å². The Bertz CT molecular complexity index is 604. The highest BCUT2D eigenvalue weighted by molar-refractivity contribution is 6.30. The van der Waals surface area contributed by atoms with E-state index >= 15 is 0 Å². The first-order valence-corrected chi connectivity index (χ1v) is 6.91. The SMILES string of the molecule is Cc1cc(C)n([C@H](C)CC(=O)Nc2ccc(Cl)cc2)n1. The second-order valence-corrected chi connectivity index (χ2v) is 5.42. The number of rotatable bonds is 4. The Morgan fingerprint density at radius 2 is 2.00 bits per heavy atom. The van der Waals surface area contributed by atoms with E-state index in [9.17, 15) is 4.79 Å². The monoisotopic (exact) mass is 291 g/mol. The molecular weight excluding hydrogens is 274 g/mol. The molecule has 0 fully saturated rings. The summed E-state index contributed by atoms with van der Waals surface area (Å²) < 4.78 is 1.89. The number of hydrogen-bond acceptors (Lipinski definition) is 2. The minimum absolute atomic E-state index is 0.0241. The molecule has 1 N–H and O–H groups in total. The number of carbonyl (C=O) groups is 1. The quantitative estimate of drug-likeness (QED) is 0.933. The van der Waals surface area contributed by atoms with Crippen molar-refractivity contribution in [1.29, 1.82) is 0 Å². The molecule has 20 heavy (non-hydrogen) atoms. The number of halogens is 1. The van der Waals surface area contributed by atoms with E-state index in [4.69, 9.17) is 11.6 Å². The number of carbonyl (C=O) groups excluding carboxylic acids is 1. The zero-order valence-electron chi connectivity index (χ0n) is 11.9. The Balaban J connectivity index is 1.97. The summed E-state index contributed by atoms with van der Waals surface area (Å²) in [7, 11) is 0. The number of nitrogens with one attached hydrogen (secondary N) is 1. The molecule has 1 atom stereocenters. The predicted octanol–water partition coefficient (Wildman–Crippen LogP) is 3.74. The molecule has 2 rings (SSSR count). The minimum atomic E-state index is -0.0348. The van der Waals surface area contributed by atoms with E-state index in [0.29, 0.717) is 11.4 Å². The molecule has 5 heteroatoms. The summed E-state index contributed by atoms with van der Waals surface area (Å²) >= 11 is 5.81. The molecule has 0 spiro atoms. The van der Waals surface area contributed by atoms with Crippen LogP contribution in [0.1, 0.15) is 30.8 Å². The van der Waals surface area contributed by atoms with E-state index in [1.54, 1.807) is 24.3 Å². The smallest absolute Gasteiger partial charge is 0.226 e. The van der Waals surface area contributed by atoms with Gasteiger partial charge in [0, 0.05) is 22.8 Å². The Morgan fingerprint density at radius 1 is 1.35 bits per heavy atom. The van der Waals surface area contributed by atoms with Crippen LogP contribution >= 0.6 is 11.6 Å². The second kappa shape index (κ2) is 6.09. The lowest BCUT2D eigenvalue weighted by atomic mass is 10.2. The molecule has 2 aromatic rings. The zero-order valence-corrected chi connectivity index (χ0v) is 12.6. The topological polar surface area (TPSA) is 46.9 Å². The number of benzene rings is 1. The van der Waals surface area contributed by atoms with Gasteiger partial charge < -0.3 is 5.32 Å². The van der Waals surface area contributed by atoms with Crippen LogP contribution in [0.3, 0.4) is 0 Å². The van der Waals surface area contributed by atoms with Crippen LogP contribution in [0.4, 0.5) is 5.69 Å².